The number of hydrogen-bond acceptors (Lipinski definition) is 3. The number of alkyl halides is 3. The summed E-state index contributed by atoms with van der Waals surface area (Å²) in [6, 6.07) is 4.57. The molecule has 2 aromatic rings. The molecule has 0 amide bonds. The highest BCUT2D eigenvalue weighted by Gasteiger charge is 2.31. The topological polar surface area (TPSA) is 66.0 Å². The van der Waals surface area contributed by atoms with Gasteiger partial charge in [0.05, 0.1) is 17.9 Å². The number of benzene rings is 1. The van der Waals surface area contributed by atoms with Gasteiger partial charge >= 0.3 is 6.18 Å². The molecular formula is C13H11F3N2O2. The summed E-state index contributed by atoms with van der Waals surface area (Å²) in [5.74, 6) is -0.347. The molecule has 0 saturated heterocycles. The summed E-state index contributed by atoms with van der Waals surface area (Å²) in [4.78, 5) is 11.3. The van der Waals surface area contributed by atoms with Crippen molar-refractivity contribution < 1.29 is 23.1 Å². The van der Waals surface area contributed by atoms with Gasteiger partial charge in [0, 0.05) is 18.1 Å². The van der Waals surface area contributed by atoms with E-state index in [9.17, 15) is 23.1 Å². The lowest BCUT2D eigenvalue weighted by Crippen LogP contribution is -2.04. The highest BCUT2D eigenvalue weighted by Crippen LogP contribution is 2.33. The molecule has 4 nitrogen and oxygen atoms in total. The van der Waals surface area contributed by atoms with E-state index in [0.29, 0.717) is 0 Å². The number of carbonyl (C=O) groups is 1. The molecule has 0 radical (unpaired) electrons. The fourth-order valence-corrected chi connectivity index (χ4v) is 1.89. The van der Waals surface area contributed by atoms with E-state index in [1.165, 1.54) is 19.1 Å². The van der Waals surface area contributed by atoms with Gasteiger partial charge in [0.15, 0.2) is 5.78 Å². The van der Waals surface area contributed by atoms with E-state index in [1.807, 2.05) is 0 Å². The van der Waals surface area contributed by atoms with Crippen LogP contribution in [0.3, 0.4) is 0 Å². The van der Waals surface area contributed by atoms with Gasteiger partial charge in [0.2, 0.25) is 0 Å². The summed E-state index contributed by atoms with van der Waals surface area (Å²) in [5.41, 5.74) is -0.195. The molecule has 20 heavy (non-hydrogen) atoms. The lowest BCUT2D eigenvalue weighted by molar-refractivity contribution is -0.137. The van der Waals surface area contributed by atoms with Crippen molar-refractivity contribution in [3.8, 4) is 11.3 Å². The molecule has 0 aliphatic heterocycles. The van der Waals surface area contributed by atoms with Crippen LogP contribution in [-0.4, -0.2) is 21.1 Å². The smallest absolute Gasteiger partial charge is 0.392 e. The second-order valence-electron chi connectivity index (χ2n) is 4.22. The normalized spacial score (nSPS) is 11.7. The first-order valence-corrected chi connectivity index (χ1v) is 5.71. The molecule has 1 aromatic heterocycles. The van der Waals surface area contributed by atoms with Gasteiger partial charge in [-0.25, -0.2) is 0 Å². The SMILES string of the molecule is CC(=O)c1[nH]nc(-c2cccc(C(F)(F)F)c2)c1CO. The number of halogens is 3. The van der Waals surface area contributed by atoms with Gasteiger partial charge in [-0.3, -0.25) is 9.89 Å². The predicted octanol–water partition coefficient (Wildman–Crippen LogP) is 2.79. The Labute approximate surface area is 112 Å². The number of H-pyrrole nitrogens is 1. The summed E-state index contributed by atoms with van der Waals surface area (Å²) in [5, 5.41) is 15.6. The van der Waals surface area contributed by atoms with Crippen molar-refractivity contribution in [1.82, 2.24) is 10.2 Å². The van der Waals surface area contributed by atoms with E-state index in [4.69, 9.17) is 0 Å². The Hall–Kier alpha value is -2.15. The van der Waals surface area contributed by atoms with Crippen LogP contribution in [0.1, 0.15) is 28.5 Å². The Kier molecular flexibility index (Phi) is 3.63. The minimum absolute atomic E-state index is 0.0971. The average molecular weight is 284 g/mol. The Morgan fingerprint density at radius 1 is 1.40 bits per heavy atom. The summed E-state index contributed by atoms with van der Waals surface area (Å²) >= 11 is 0. The highest BCUT2D eigenvalue weighted by molar-refractivity contribution is 5.95. The largest absolute Gasteiger partial charge is 0.416 e. The maximum Gasteiger partial charge on any atom is 0.416 e. The third-order valence-corrected chi connectivity index (χ3v) is 2.84. The molecule has 1 aromatic carbocycles. The molecule has 0 atom stereocenters. The molecule has 0 aliphatic rings. The van der Waals surface area contributed by atoms with Gasteiger partial charge in [-0.1, -0.05) is 12.1 Å². The van der Waals surface area contributed by atoms with Crippen molar-refractivity contribution in [2.45, 2.75) is 19.7 Å². The summed E-state index contributed by atoms with van der Waals surface area (Å²) in [6.45, 7) is 0.791. The van der Waals surface area contributed by atoms with Gasteiger partial charge in [-0.2, -0.15) is 18.3 Å². The zero-order valence-electron chi connectivity index (χ0n) is 10.5. The number of aliphatic hydroxyl groups is 1. The molecule has 1 heterocycles. The van der Waals surface area contributed by atoms with Crippen LogP contribution in [0.4, 0.5) is 13.2 Å². The maximum atomic E-state index is 12.7. The van der Waals surface area contributed by atoms with Crippen LogP contribution in [0.15, 0.2) is 24.3 Å². The van der Waals surface area contributed by atoms with Crippen LogP contribution >= 0.6 is 0 Å². The van der Waals surface area contributed by atoms with E-state index in [0.717, 1.165) is 12.1 Å². The molecule has 0 unspecified atom stereocenters. The first-order chi connectivity index (χ1) is 9.34. The van der Waals surface area contributed by atoms with E-state index < -0.39 is 18.3 Å². The molecule has 0 aliphatic carbocycles. The zero-order valence-corrected chi connectivity index (χ0v) is 10.5. The monoisotopic (exact) mass is 284 g/mol. The number of hydrogen-bond donors (Lipinski definition) is 2. The van der Waals surface area contributed by atoms with E-state index in [-0.39, 0.29) is 28.3 Å². The molecule has 2 N–H and O–H groups in total. The van der Waals surface area contributed by atoms with Crippen LogP contribution < -0.4 is 0 Å². The van der Waals surface area contributed by atoms with Crippen LogP contribution in [0, 0.1) is 0 Å². The van der Waals surface area contributed by atoms with Gasteiger partial charge in [-0.05, 0) is 12.1 Å². The van der Waals surface area contributed by atoms with E-state index in [2.05, 4.69) is 10.2 Å². The van der Waals surface area contributed by atoms with Crippen LogP contribution in [0.25, 0.3) is 11.3 Å². The lowest BCUT2D eigenvalue weighted by atomic mass is 10.0. The lowest BCUT2D eigenvalue weighted by Gasteiger charge is -2.08. The number of nitrogens with one attached hydrogen (secondary N) is 1. The molecule has 106 valence electrons. The van der Waals surface area contributed by atoms with Gasteiger partial charge < -0.3 is 5.11 Å². The quantitative estimate of drug-likeness (QED) is 0.852. The number of aromatic amines is 1. The fourth-order valence-electron chi connectivity index (χ4n) is 1.89. The first-order valence-electron chi connectivity index (χ1n) is 5.71. The Balaban J connectivity index is 2.55. The third-order valence-electron chi connectivity index (χ3n) is 2.84. The molecule has 0 bridgehead atoms. The standard InChI is InChI=1S/C13H11F3N2O2/c1-7(20)11-10(6-19)12(18-17-11)8-3-2-4-9(5-8)13(14,15)16/h2-5,19H,6H2,1H3,(H,17,18). The second kappa shape index (κ2) is 5.09. The second-order valence-corrected chi connectivity index (χ2v) is 4.22. The fraction of sp³-hybridized carbons (Fsp3) is 0.231. The number of ketones is 1. The molecule has 0 spiro atoms. The predicted molar refractivity (Wildman–Crippen MR) is 65.0 cm³/mol. The van der Waals surface area contributed by atoms with Gasteiger partial charge in [0.25, 0.3) is 0 Å². The van der Waals surface area contributed by atoms with Crippen molar-refractivity contribution in [1.29, 1.82) is 0 Å². The Morgan fingerprint density at radius 3 is 2.65 bits per heavy atom. The van der Waals surface area contributed by atoms with Crippen LogP contribution in [0.2, 0.25) is 0 Å². The van der Waals surface area contributed by atoms with Gasteiger partial charge in [-0.15, -0.1) is 0 Å². The third kappa shape index (κ3) is 2.57. The van der Waals surface area contributed by atoms with E-state index >= 15 is 0 Å². The molecule has 2 rings (SSSR count). The molecule has 0 saturated carbocycles. The molecular weight excluding hydrogens is 273 g/mol. The minimum Gasteiger partial charge on any atom is -0.392 e. The number of carbonyl (C=O) groups excluding carboxylic acids is 1. The first kappa shape index (κ1) is 14.3. The molecule has 7 heteroatoms. The zero-order chi connectivity index (χ0) is 14.9. The number of aromatic nitrogens is 2. The van der Waals surface area contributed by atoms with Crippen molar-refractivity contribution in [3.05, 3.63) is 41.1 Å². The summed E-state index contributed by atoms with van der Waals surface area (Å²) < 4.78 is 38.0. The van der Waals surface area contributed by atoms with Crippen molar-refractivity contribution in [2.75, 3.05) is 0 Å². The Morgan fingerprint density at radius 2 is 2.10 bits per heavy atom. The van der Waals surface area contributed by atoms with Crippen molar-refractivity contribution in [3.63, 3.8) is 0 Å². The average Bonchev–Trinajstić information content (AvgIpc) is 2.81. The summed E-state index contributed by atoms with van der Waals surface area (Å²) in [6.07, 6.45) is -4.46. The highest BCUT2D eigenvalue weighted by atomic mass is 19.4. The Bertz CT molecular complexity index is 647. The van der Waals surface area contributed by atoms with E-state index in [1.54, 1.807) is 0 Å². The van der Waals surface area contributed by atoms with Crippen LogP contribution in [-0.2, 0) is 12.8 Å². The van der Waals surface area contributed by atoms with Gasteiger partial charge in [0.1, 0.15) is 5.69 Å². The summed E-state index contributed by atoms with van der Waals surface area (Å²) in [7, 11) is 0. The maximum absolute atomic E-state index is 12.7. The number of nitrogens with zero attached hydrogens (tertiary/aromatic N) is 1. The minimum atomic E-state index is -4.46. The van der Waals surface area contributed by atoms with Crippen molar-refractivity contribution in [2.24, 2.45) is 0 Å². The number of rotatable bonds is 3. The van der Waals surface area contributed by atoms with Crippen LogP contribution in [0.5, 0.6) is 0 Å². The number of aliphatic hydroxyl groups excluding tert-OH is 1. The van der Waals surface area contributed by atoms with Crippen molar-refractivity contribution >= 4 is 5.78 Å². The number of Topliss-reactive ketones (excluding diaryl/α,β-unsaturated/α-hetero) is 1. The molecule has 0 fully saturated rings.